The lowest BCUT2D eigenvalue weighted by molar-refractivity contribution is -0.137. The van der Waals surface area contributed by atoms with Crippen molar-refractivity contribution in [3.63, 3.8) is 0 Å². The van der Waals surface area contributed by atoms with Gasteiger partial charge in [-0.2, -0.15) is 13.2 Å². The fraction of sp³-hybridized carbons (Fsp3) is 0.550. The summed E-state index contributed by atoms with van der Waals surface area (Å²) in [6.07, 6.45) is 0.801. The number of nitrogens with zero attached hydrogens (tertiary/aromatic N) is 2. The van der Waals surface area contributed by atoms with E-state index in [1.807, 2.05) is 6.92 Å². The smallest absolute Gasteiger partial charge is 0.356 e. The van der Waals surface area contributed by atoms with Crippen LogP contribution in [0.1, 0.15) is 43.7 Å². The molecule has 1 N–H and O–H groups in total. The number of hydrogen-bond donors (Lipinski definition) is 1. The van der Waals surface area contributed by atoms with Crippen LogP contribution < -0.4 is 5.32 Å². The van der Waals surface area contributed by atoms with Gasteiger partial charge in [0.25, 0.3) is 0 Å². The highest BCUT2D eigenvalue weighted by Crippen LogP contribution is 2.47. The van der Waals surface area contributed by atoms with Crippen molar-refractivity contribution in [2.45, 2.75) is 38.8 Å². The molecule has 0 aromatic heterocycles. The molecule has 7 heteroatoms. The van der Waals surface area contributed by atoms with Gasteiger partial charge in [0.2, 0.25) is 0 Å². The van der Waals surface area contributed by atoms with Gasteiger partial charge in [-0.15, -0.1) is 24.0 Å². The van der Waals surface area contributed by atoms with Crippen molar-refractivity contribution in [3.8, 4) is 11.8 Å². The average Bonchev–Trinajstić information content (AvgIpc) is 3.03. The molecule has 1 aliphatic carbocycles. The fourth-order valence-electron chi connectivity index (χ4n) is 3.66. The van der Waals surface area contributed by atoms with E-state index in [9.17, 15) is 13.2 Å². The second kappa shape index (κ2) is 9.18. The van der Waals surface area contributed by atoms with Crippen LogP contribution in [0.4, 0.5) is 13.2 Å². The first-order valence-corrected chi connectivity index (χ1v) is 9.11. The Kier molecular flexibility index (Phi) is 7.43. The molecule has 3 nitrogen and oxygen atoms in total. The van der Waals surface area contributed by atoms with Gasteiger partial charge in [-0.25, -0.2) is 4.99 Å². The molecular weight excluding hydrogens is 466 g/mol. The molecule has 0 unspecified atom stereocenters. The maximum Gasteiger partial charge on any atom is 0.416 e. The number of rotatable bonds is 2. The number of alkyl halides is 3. The third-order valence-corrected chi connectivity index (χ3v) is 5.22. The summed E-state index contributed by atoms with van der Waals surface area (Å²) in [4.78, 5) is 6.83. The van der Waals surface area contributed by atoms with Crippen molar-refractivity contribution in [1.29, 1.82) is 0 Å². The second-order valence-corrected chi connectivity index (χ2v) is 7.08. The third-order valence-electron chi connectivity index (χ3n) is 5.22. The Morgan fingerprint density at radius 3 is 2.67 bits per heavy atom. The largest absolute Gasteiger partial charge is 0.416 e. The zero-order valence-electron chi connectivity index (χ0n) is 15.4. The van der Waals surface area contributed by atoms with E-state index in [1.165, 1.54) is 31.7 Å². The summed E-state index contributed by atoms with van der Waals surface area (Å²) in [5.74, 6) is 6.51. The Bertz CT molecular complexity index is 730. The molecule has 1 aliphatic heterocycles. The molecule has 2 fully saturated rings. The number of likely N-dealkylation sites (tertiary alicyclic amines) is 1. The summed E-state index contributed by atoms with van der Waals surface area (Å²) in [6.45, 7) is 5.12. The zero-order valence-corrected chi connectivity index (χ0v) is 17.7. The molecule has 3 rings (SSSR count). The van der Waals surface area contributed by atoms with Crippen LogP contribution in [-0.4, -0.2) is 37.0 Å². The van der Waals surface area contributed by atoms with E-state index in [0.717, 1.165) is 37.7 Å². The van der Waals surface area contributed by atoms with E-state index in [0.29, 0.717) is 11.0 Å². The first kappa shape index (κ1) is 21.9. The quantitative estimate of drug-likeness (QED) is 0.285. The SMILES string of the molecule is CCNC(=NCC#Cc1cccc(C(F)(F)F)c1)N1CCC2(CCC2)C1.I. The van der Waals surface area contributed by atoms with Crippen molar-refractivity contribution in [2.75, 3.05) is 26.2 Å². The minimum Gasteiger partial charge on any atom is -0.356 e. The topological polar surface area (TPSA) is 27.6 Å². The Labute approximate surface area is 175 Å². The number of guanidine groups is 1. The number of aliphatic imine (C=N–C) groups is 1. The summed E-state index contributed by atoms with van der Waals surface area (Å²) in [7, 11) is 0. The van der Waals surface area contributed by atoms with Crippen molar-refractivity contribution >= 4 is 29.9 Å². The minimum absolute atomic E-state index is 0. The highest BCUT2D eigenvalue weighted by atomic mass is 127. The first-order chi connectivity index (χ1) is 12.4. The molecule has 1 aromatic carbocycles. The van der Waals surface area contributed by atoms with Gasteiger partial charge in [-0.1, -0.05) is 24.3 Å². The maximum atomic E-state index is 12.7. The van der Waals surface area contributed by atoms with Gasteiger partial charge in [-0.05, 0) is 49.8 Å². The third kappa shape index (κ3) is 5.53. The highest BCUT2D eigenvalue weighted by molar-refractivity contribution is 14.0. The van der Waals surface area contributed by atoms with Crippen LogP contribution >= 0.6 is 24.0 Å². The molecule has 148 valence electrons. The normalized spacial score (nSPS) is 18.4. The van der Waals surface area contributed by atoms with Crippen LogP contribution in [-0.2, 0) is 6.18 Å². The van der Waals surface area contributed by atoms with Gasteiger partial charge in [0, 0.05) is 25.2 Å². The average molecular weight is 491 g/mol. The van der Waals surface area contributed by atoms with E-state index >= 15 is 0 Å². The summed E-state index contributed by atoms with van der Waals surface area (Å²) in [5, 5.41) is 3.30. The minimum atomic E-state index is -4.35. The molecule has 1 aromatic rings. The summed E-state index contributed by atoms with van der Waals surface area (Å²) >= 11 is 0. The van der Waals surface area contributed by atoms with E-state index in [4.69, 9.17) is 0 Å². The fourth-order valence-corrected chi connectivity index (χ4v) is 3.66. The van der Waals surface area contributed by atoms with Crippen molar-refractivity contribution in [1.82, 2.24) is 10.2 Å². The van der Waals surface area contributed by atoms with Crippen LogP contribution in [0.3, 0.4) is 0 Å². The van der Waals surface area contributed by atoms with Gasteiger partial charge in [0.15, 0.2) is 5.96 Å². The van der Waals surface area contributed by atoms with Crippen molar-refractivity contribution < 1.29 is 13.2 Å². The van der Waals surface area contributed by atoms with Gasteiger partial charge < -0.3 is 10.2 Å². The second-order valence-electron chi connectivity index (χ2n) is 7.08. The van der Waals surface area contributed by atoms with E-state index in [1.54, 1.807) is 6.07 Å². The molecule has 1 heterocycles. The van der Waals surface area contributed by atoms with Gasteiger partial charge in [0.05, 0.1) is 5.56 Å². The summed E-state index contributed by atoms with van der Waals surface area (Å²) in [5.41, 5.74) is 0.165. The summed E-state index contributed by atoms with van der Waals surface area (Å²) in [6, 6.07) is 5.08. The van der Waals surface area contributed by atoms with Crippen molar-refractivity contribution in [3.05, 3.63) is 35.4 Å². The van der Waals surface area contributed by atoms with Crippen LogP contribution in [0.5, 0.6) is 0 Å². The lowest BCUT2D eigenvalue weighted by atomic mass is 9.68. The highest BCUT2D eigenvalue weighted by Gasteiger charge is 2.43. The predicted molar refractivity (Wildman–Crippen MR) is 112 cm³/mol. The Morgan fingerprint density at radius 1 is 1.30 bits per heavy atom. The molecule has 0 bridgehead atoms. The number of halogens is 4. The molecular formula is C20H25F3IN3. The van der Waals surface area contributed by atoms with E-state index in [-0.39, 0.29) is 30.5 Å². The number of nitrogens with one attached hydrogen (secondary N) is 1. The molecule has 0 atom stereocenters. The van der Waals surface area contributed by atoms with E-state index in [2.05, 4.69) is 27.0 Å². The predicted octanol–water partition coefficient (Wildman–Crippen LogP) is 4.52. The Hall–Kier alpha value is -1.43. The van der Waals surface area contributed by atoms with Crippen LogP contribution in [0.25, 0.3) is 0 Å². The standard InChI is InChI=1S/C20H24F3N3.HI/c1-2-24-18(26-13-11-19(15-26)9-5-10-19)25-12-4-7-16-6-3-8-17(14-16)20(21,22)23;/h3,6,8,14H,2,5,9-13,15H2,1H3,(H,24,25);1H. The molecule has 27 heavy (non-hydrogen) atoms. The van der Waals surface area contributed by atoms with Gasteiger partial charge in [-0.3, -0.25) is 0 Å². The van der Waals surface area contributed by atoms with Crippen LogP contribution in [0.15, 0.2) is 29.3 Å². The van der Waals surface area contributed by atoms with Gasteiger partial charge in [0.1, 0.15) is 6.54 Å². The molecule has 0 amide bonds. The molecule has 2 aliphatic rings. The van der Waals surface area contributed by atoms with Gasteiger partial charge >= 0.3 is 6.18 Å². The molecule has 0 radical (unpaired) electrons. The molecule has 1 saturated heterocycles. The van der Waals surface area contributed by atoms with E-state index < -0.39 is 11.7 Å². The zero-order chi connectivity index (χ0) is 18.6. The molecule has 1 spiro atoms. The van der Waals surface area contributed by atoms with Crippen LogP contribution in [0, 0.1) is 17.3 Å². The van der Waals surface area contributed by atoms with Crippen LogP contribution in [0.2, 0.25) is 0 Å². The number of hydrogen-bond acceptors (Lipinski definition) is 1. The Morgan fingerprint density at radius 2 is 2.07 bits per heavy atom. The lowest BCUT2D eigenvalue weighted by Gasteiger charge is -2.38. The van der Waals surface area contributed by atoms with Crippen molar-refractivity contribution in [2.24, 2.45) is 10.4 Å². The monoisotopic (exact) mass is 491 g/mol. The number of benzene rings is 1. The maximum absolute atomic E-state index is 12.7. The lowest BCUT2D eigenvalue weighted by Crippen LogP contribution is -2.42. The Balaban J connectivity index is 0.00000261. The summed E-state index contributed by atoms with van der Waals surface area (Å²) < 4.78 is 38.2. The molecule has 1 saturated carbocycles. The first-order valence-electron chi connectivity index (χ1n) is 9.11.